The van der Waals surface area contributed by atoms with Crippen molar-refractivity contribution in [3.05, 3.63) is 29.1 Å². The Morgan fingerprint density at radius 1 is 1.54 bits per heavy atom. The number of hydrogen-bond acceptors (Lipinski definition) is 3. The van der Waals surface area contributed by atoms with Crippen LogP contribution in [0.25, 0.3) is 0 Å². The normalized spacial score (nSPS) is 15.8. The van der Waals surface area contributed by atoms with Crippen molar-refractivity contribution in [3.8, 4) is 0 Å². The third-order valence-corrected chi connectivity index (χ3v) is 2.20. The molecule has 0 radical (unpaired) electrons. The quantitative estimate of drug-likeness (QED) is 0.457. The number of pyridine rings is 1. The minimum Gasteiger partial charge on any atom is -0.275 e. The Labute approximate surface area is 76.3 Å². The van der Waals surface area contributed by atoms with E-state index >= 15 is 0 Å². The van der Waals surface area contributed by atoms with Crippen molar-refractivity contribution >= 4 is 5.91 Å². The molecule has 0 aromatic carbocycles. The molecule has 0 bridgehead atoms. The average molecular weight is 177 g/mol. The van der Waals surface area contributed by atoms with Gasteiger partial charge in [-0.05, 0) is 25.0 Å². The van der Waals surface area contributed by atoms with Crippen molar-refractivity contribution in [2.45, 2.75) is 13.3 Å². The second-order valence-corrected chi connectivity index (χ2v) is 3.21. The van der Waals surface area contributed by atoms with Gasteiger partial charge >= 0.3 is 0 Å². The second kappa shape index (κ2) is 2.81. The highest BCUT2D eigenvalue weighted by Crippen LogP contribution is 2.14. The summed E-state index contributed by atoms with van der Waals surface area (Å²) in [5.41, 5.74) is 2.36. The third kappa shape index (κ3) is 1.29. The topological polar surface area (TPSA) is 59.2 Å². The molecule has 0 unspecified atom stereocenters. The van der Waals surface area contributed by atoms with E-state index < -0.39 is 0 Å². The fourth-order valence-corrected chi connectivity index (χ4v) is 1.45. The Balaban J connectivity index is 2.51. The highest BCUT2D eigenvalue weighted by molar-refractivity contribution is 5.94. The van der Waals surface area contributed by atoms with Crippen LogP contribution in [0.2, 0.25) is 0 Å². The summed E-state index contributed by atoms with van der Waals surface area (Å²) >= 11 is 0. The summed E-state index contributed by atoms with van der Waals surface area (Å²) in [6.07, 6.45) is 0.796. The number of fused-ring (bicyclic) bond motifs is 1. The number of carbonyl (C=O) groups is 1. The van der Waals surface area contributed by atoms with E-state index in [2.05, 4.69) is 4.98 Å². The van der Waals surface area contributed by atoms with Crippen LogP contribution in [0.1, 0.15) is 21.7 Å². The van der Waals surface area contributed by atoms with Gasteiger partial charge in [0.2, 0.25) is 0 Å². The summed E-state index contributed by atoms with van der Waals surface area (Å²) in [6, 6.07) is 3.86. The van der Waals surface area contributed by atoms with Gasteiger partial charge in [0.1, 0.15) is 5.69 Å². The van der Waals surface area contributed by atoms with Gasteiger partial charge < -0.3 is 0 Å². The number of rotatable bonds is 0. The molecule has 0 saturated carbocycles. The fourth-order valence-electron chi connectivity index (χ4n) is 1.45. The standard InChI is InChI=1S/C9H11N3O/c1-6-2-3-7-4-5-12(10)9(13)8(7)11-6/h2-3H,4-5,10H2,1H3. The van der Waals surface area contributed by atoms with Gasteiger partial charge in [0.05, 0.1) is 0 Å². The largest absolute Gasteiger partial charge is 0.286 e. The summed E-state index contributed by atoms with van der Waals surface area (Å²) in [6.45, 7) is 2.44. The molecule has 1 aliphatic rings. The summed E-state index contributed by atoms with van der Waals surface area (Å²) in [5.74, 6) is 5.31. The molecule has 4 heteroatoms. The molecule has 1 aromatic heterocycles. The van der Waals surface area contributed by atoms with E-state index in [1.54, 1.807) is 0 Å². The minimum atomic E-state index is -0.176. The van der Waals surface area contributed by atoms with E-state index in [0.717, 1.165) is 17.7 Å². The molecule has 1 aromatic rings. The van der Waals surface area contributed by atoms with Crippen LogP contribution in [-0.2, 0) is 6.42 Å². The maximum Gasteiger partial charge on any atom is 0.286 e. The molecular formula is C9H11N3O. The summed E-state index contributed by atoms with van der Waals surface area (Å²) in [4.78, 5) is 15.7. The van der Waals surface area contributed by atoms with Crippen molar-refractivity contribution in [1.82, 2.24) is 9.99 Å². The molecule has 0 fully saturated rings. The van der Waals surface area contributed by atoms with E-state index in [4.69, 9.17) is 5.84 Å². The molecule has 0 aliphatic carbocycles. The molecule has 0 spiro atoms. The molecule has 0 saturated heterocycles. The number of amides is 1. The number of aromatic nitrogens is 1. The van der Waals surface area contributed by atoms with Gasteiger partial charge in [-0.2, -0.15) is 0 Å². The number of aryl methyl sites for hydroxylation is 1. The molecule has 2 N–H and O–H groups in total. The number of nitrogens with two attached hydrogens (primary N) is 1. The lowest BCUT2D eigenvalue weighted by Gasteiger charge is -2.23. The van der Waals surface area contributed by atoms with Crippen molar-refractivity contribution in [3.63, 3.8) is 0 Å². The van der Waals surface area contributed by atoms with Gasteiger partial charge in [0, 0.05) is 12.2 Å². The summed E-state index contributed by atoms with van der Waals surface area (Å²) < 4.78 is 0. The average Bonchev–Trinajstić information content (AvgIpc) is 2.12. The molecule has 0 atom stereocenters. The molecular weight excluding hydrogens is 166 g/mol. The van der Waals surface area contributed by atoms with Crippen molar-refractivity contribution in [2.75, 3.05) is 6.54 Å². The molecule has 4 nitrogen and oxygen atoms in total. The first-order valence-electron chi connectivity index (χ1n) is 4.21. The van der Waals surface area contributed by atoms with Gasteiger partial charge in [-0.1, -0.05) is 6.07 Å². The zero-order valence-electron chi connectivity index (χ0n) is 7.45. The Hall–Kier alpha value is -1.42. The number of hydrazine groups is 1. The Kier molecular flexibility index (Phi) is 1.77. The lowest BCUT2D eigenvalue weighted by Crippen LogP contribution is -2.43. The highest BCUT2D eigenvalue weighted by Gasteiger charge is 2.23. The highest BCUT2D eigenvalue weighted by atomic mass is 16.2. The smallest absolute Gasteiger partial charge is 0.275 e. The van der Waals surface area contributed by atoms with Crippen LogP contribution in [0.5, 0.6) is 0 Å². The van der Waals surface area contributed by atoms with Crippen LogP contribution in [0.3, 0.4) is 0 Å². The maximum atomic E-state index is 11.5. The fraction of sp³-hybridized carbons (Fsp3) is 0.333. The Morgan fingerprint density at radius 2 is 2.31 bits per heavy atom. The lowest BCUT2D eigenvalue weighted by molar-refractivity contribution is 0.0732. The lowest BCUT2D eigenvalue weighted by atomic mass is 10.1. The summed E-state index contributed by atoms with van der Waals surface area (Å²) in [7, 11) is 0. The van der Waals surface area contributed by atoms with Gasteiger partial charge in [-0.15, -0.1) is 0 Å². The SMILES string of the molecule is Cc1ccc2c(n1)C(=O)N(N)CC2. The predicted molar refractivity (Wildman–Crippen MR) is 47.9 cm³/mol. The summed E-state index contributed by atoms with van der Waals surface area (Å²) in [5, 5.41) is 1.22. The van der Waals surface area contributed by atoms with Crippen molar-refractivity contribution < 1.29 is 4.79 Å². The zero-order chi connectivity index (χ0) is 9.42. The second-order valence-electron chi connectivity index (χ2n) is 3.21. The van der Waals surface area contributed by atoms with Crippen LogP contribution >= 0.6 is 0 Å². The molecule has 1 amide bonds. The van der Waals surface area contributed by atoms with Crippen LogP contribution in [0.15, 0.2) is 12.1 Å². The van der Waals surface area contributed by atoms with E-state index in [9.17, 15) is 4.79 Å². The minimum absolute atomic E-state index is 0.176. The van der Waals surface area contributed by atoms with Crippen LogP contribution in [0.4, 0.5) is 0 Å². The van der Waals surface area contributed by atoms with Crippen molar-refractivity contribution in [1.29, 1.82) is 0 Å². The van der Waals surface area contributed by atoms with Crippen LogP contribution in [-0.4, -0.2) is 22.4 Å². The number of carbonyl (C=O) groups excluding carboxylic acids is 1. The van der Waals surface area contributed by atoms with Crippen molar-refractivity contribution in [2.24, 2.45) is 5.84 Å². The predicted octanol–water partition coefficient (Wildman–Crippen LogP) is 0.262. The van der Waals surface area contributed by atoms with E-state index in [-0.39, 0.29) is 5.91 Å². The first-order valence-corrected chi connectivity index (χ1v) is 4.21. The van der Waals surface area contributed by atoms with Gasteiger partial charge in [-0.3, -0.25) is 9.80 Å². The maximum absolute atomic E-state index is 11.5. The van der Waals surface area contributed by atoms with E-state index in [1.807, 2.05) is 19.1 Å². The molecule has 2 rings (SSSR count). The zero-order valence-corrected chi connectivity index (χ0v) is 7.45. The first kappa shape index (κ1) is 8.19. The molecule has 1 aliphatic heterocycles. The number of nitrogens with zero attached hydrogens (tertiary/aromatic N) is 2. The first-order chi connectivity index (χ1) is 6.18. The Bertz CT molecular complexity index is 362. The third-order valence-electron chi connectivity index (χ3n) is 2.20. The van der Waals surface area contributed by atoms with E-state index in [0.29, 0.717) is 12.2 Å². The van der Waals surface area contributed by atoms with E-state index in [1.165, 1.54) is 5.01 Å². The van der Waals surface area contributed by atoms with Crippen LogP contribution < -0.4 is 5.84 Å². The molecule has 68 valence electrons. The monoisotopic (exact) mass is 177 g/mol. The Morgan fingerprint density at radius 3 is 3.08 bits per heavy atom. The van der Waals surface area contributed by atoms with Crippen LogP contribution in [0, 0.1) is 6.92 Å². The van der Waals surface area contributed by atoms with Gasteiger partial charge in [0.15, 0.2) is 0 Å². The number of hydrogen-bond donors (Lipinski definition) is 1. The van der Waals surface area contributed by atoms with Gasteiger partial charge in [-0.25, -0.2) is 10.8 Å². The molecule has 13 heavy (non-hydrogen) atoms. The molecule has 2 heterocycles. The van der Waals surface area contributed by atoms with Gasteiger partial charge in [0.25, 0.3) is 5.91 Å².